The van der Waals surface area contributed by atoms with Crippen LogP contribution < -0.4 is 10.2 Å². The van der Waals surface area contributed by atoms with Crippen LogP contribution in [-0.4, -0.2) is 28.1 Å². The lowest BCUT2D eigenvalue weighted by molar-refractivity contribution is -0.118. The molecule has 0 spiro atoms. The maximum atomic E-state index is 12.9. The molecule has 0 bridgehead atoms. The topological polar surface area (TPSA) is 65.5 Å². The SMILES string of the molecule is O=C(N[C@H]1CCCC[C@@H]1O)C1=CN(Cc2ccc(Cl)nc2)c2ccccc2S1. The van der Waals surface area contributed by atoms with Gasteiger partial charge in [-0.1, -0.05) is 54.4 Å². The smallest absolute Gasteiger partial charge is 0.259 e. The van der Waals surface area contributed by atoms with Crippen molar-refractivity contribution in [2.24, 2.45) is 0 Å². The van der Waals surface area contributed by atoms with E-state index >= 15 is 0 Å². The van der Waals surface area contributed by atoms with Crippen LogP contribution in [0.2, 0.25) is 5.15 Å². The van der Waals surface area contributed by atoms with Crippen LogP contribution in [0.1, 0.15) is 31.2 Å². The predicted octanol–water partition coefficient (Wildman–Crippen LogP) is 4.11. The van der Waals surface area contributed by atoms with Crippen molar-refractivity contribution < 1.29 is 9.90 Å². The first-order chi connectivity index (χ1) is 13.6. The second-order valence-corrected chi connectivity index (χ2v) is 8.58. The van der Waals surface area contributed by atoms with Gasteiger partial charge in [0.25, 0.3) is 5.91 Å². The van der Waals surface area contributed by atoms with Crippen LogP contribution in [0.15, 0.2) is 58.6 Å². The van der Waals surface area contributed by atoms with Crippen molar-refractivity contribution >= 4 is 35.0 Å². The van der Waals surface area contributed by atoms with Gasteiger partial charge < -0.3 is 15.3 Å². The summed E-state index contributed by atoms with van der Waals surface area (Å²) < 4.78 is 0. The maximum absolute atomic E-state index is 12.9. The molecule has 7 heteroatoms. The van der Waals surface area contributed by atoms with Crippen LogP contribution in [0.25, 0.3) is 0 Å². The molecule has 2 aromatic rings. The average Bonchev–Trinajstić information content (AvgIpc) is 2.71. The van der Waals surface area contributed by atoms with Gasteiger partial charge in [0.1, 0.15) is 5.15 Å². The molecule has 1 fully saturated rings. The molecule has 4 rings (SSSR count). The fourth-order valence-electron chi connectivity index (χ4n) is 3.59. The highest BCUT2D eigenvalue weighted by Gasteiger charge is 2.28. The number of para-hydroxylation sites is 1. The first kappa shape index (κ1) is 19.3. The van der Waals surface area contributed by atoms with Gasteiger partial charge in [0.15, 0.2) is 0 Å². The molecule has 2 N–H and O–H groups in total. The van der Waals surface area contributed by atoms with E-state index in [9.17, 15) is 9.90 Å². The van der Waals surface area contributed by atoms with Crippen molar-refractivity contribution in [2.75, 3.05) is 4.90 Å². The predicted molar refractivity (Wildman–Crippen MR) is 112 cm³/mol. The van der Waals surface area contributed by atoms with Gasteiger partial charge in [0.05, 0.1) is 22.7 Å². The zero-order valence-electron chi connectivity index (χ0n) is 15.3. The number of benzene rings is 1. The van der Waals surface area contributed by atoms with Crippen LogP contribution in [0.4, 0.5) is 5.69 Å². The van der Waals surface area contributed by atoms with Crippen molar-refractivity contribution in [1.82, 2.24) is 10.3 Å². The summed E-state index contributed by atoms with van der Waals surface area (Å²) in [5.41, 5.74) is 2.06. The van der Waals surface area contributed by atoms with E-state index in [0.717, 1.165) is 41.8 Å². The maximum Gasteiger partial charge on any atom is 0.259 e. The molecule has 1 aliphatic heterocycles. The normalized spacial score (nSPS) is 21.6. The quantitative estimate of drug-likeness (QED) is 0.735. The molecule has 5 nitrogen and oxygen atoms in total. The molecule has 1 aromatic heterocycles. The van der Waals surface area contributed by atoms with Crippen LogP contribution in [0.5, 0.6) is 0 Å². The number of aliphatic hydroxyl groups is 1. The van der Waals surface area contributed by atoms with Crippen molar-refractivity contribution in [3.05, 3.63) is 64.4 Å². The third-order valence-electron chi connectivity index (χ3n) is 5.08. The van der Waals surface area contributed by atoms with Gasteiger partial charge in [-0.3, -0.25) is 4.79 Å². The van der Waals surface area contributed by atoms with Gasteiger partial charge in [-0.15, -0.1) is 0 Å². The Morgan fingerprint density at radius 1 is 1.25 bits per heavy atom. The zero-order chi connectivity index (χ0) is 19.5. The van der Waals surface area contributed by atoms with E-state index in [4.69, 9.17) is 11.6 Å². The summed E-state index contributed by atoms with van der Waals surface area (Å²) in [5, 5.41) is 13.7. The summed E-state index contributed by atoms with van der Waals surface area (Å²) in [6, 6.07) is 11.6. The van der Waals surface area contributed by atoms with Gasteiger partial charge in [-0.05, 0) is 36.6 Å². The lowest BCUT2D eigenvalue weighted by Gasteiger charge is -2.31. The molecule has 2 heterocycles. The summed E-state index contributed by atoms with van der Waals surface area (Å²) in [6.45, 7) is 0.588. The number of pyridine rings is 1. The van der Waals surface area contributed by atoms with E-state index < -0.39 is 6.10 Å². The van der Waals surface area contributed by atoms with E-state index in [1.54, 1.807) is 12.3 Å². The summed E-state index contributed by atoms with van der Waals surface area (Å²) in [5.74, 6) is -0.135. The number of thioether (sulfide) groups is 1. The van der Waals surface area contributed by atoms with Gasteiger partial charge in [-0.25, -0.2) is 4.98 Å². The van der Waals surface area contributed by atoms with Crippen LogP contribution in [0.3, 0.4) is 0 Å². The molecule has 0 saturated heterocycles. The Hall–Kier alpha value is -2.02. The van der Waals surface area contributed by atoms with E-state index in [1.165, 1.54) is 11.8 Å². The fourth-order valence-corrected chi connectivity index (χ4v) is 4.71. The zero-order valence-corrected chi connectivity index (χ0v) is 16.9. The van der Waals surface area contributed by atoms with Gasteiger partial charge in [0.2, 0.25) is 0 Å². The molecule has 1 aliphatic carbocycles. The number of hydrogen-bond acceptors (Lipinski definition) is 5. The van der Waals surface area contributed by atoms with Crippen LogP contribution in [0, 0.1) is 0 Å². The van der Waals surface area contributed by atoms with Crippen molar-refractivity contribution in [3.8, 4) is 0 Å². The molecule has 1 amide bonds. The number of carbonyl (C=O) groups excluding carboxylic acids is 1. The summed E-state index contributed by atoms with van der Waals surface area (Å²) in [6.07, 6.45) is 6.78. The Kier molecular flexibility index (Phi) is 5.90. The third-order valence-corrected chi connectivity index (χ3v) is 6.38. The second-order valence-electron chi connectivity index (χ2n) is 7.11. The van der Waals surface area contributed by atoms with Gasteiger partial charge >= 0.3 is 0 Å². The molecule has 2 atom stereocenters. The van der Waals surface area contributed by atoms with Crippen LogP contribution >= 0.6 is 23.4 Å². The molecular weight excluding hydrogens is 394 g/mol. The van der Waals surface area contributed by atoms with Crippen molar-refractivity contribution in [2.45, 2.75) is 49.3 Å². The molecule has 2 aliphatic rings. The first-order valence-corrected chi connectivity index (χ1v) is 10.6. The number of carbonyl (C=O) groups is 1. The number of fused-ring (bicyclic) bond motifs is 1. The minimum absolute atomic E-state index is 0.135. The number of anilines is 1. The van der Waals surface area contributed by atoms with E-state index in [-0.39, 0.29) is 11.9 Å². The minimum atomic E-state index is -0.463. The number of rotatable bonds is 4. The fraction of sp³-hybridized carbons (Fsp3) is 0.333. The summed E-state index contributed by atoms with van der Waals surface area (Å²) in [7, 11) is 0. The molecule has 1 saturated carbocycles. The molecular formula is C21H22ClN3O2S. The third kappa shape index (κ3) is 4.35. The monoisotopic (exact) mass is 415 g/mol. The highest BCUT2D eigenvalue weighted by molar-refractivity contribution is 8.04. The average molecular weight is 416 g/mol. The van der Waals surface area contributed by atoms with E-state index in [2.05, 4.69) is 15.2 Å². The van der Waals surface area contributed by atoms with Crippen molar-refractivity contribution in [1.29, 1.82) is 0 Å². The second kappa shape index (κ2) is 8.55. The largest absolute Gasteiger partial charge is 0.391 e. The Morgan fingerprint density at radius 2 is 2.07 bits per heavy atom. The first-order valence-electron chi connectivity index (χ1n) is 9.45. The number of halogens is 1. The Morgan fingerprint density at radius 3 is 2.86 bits per heavy atom. The molecule has 1 aromatic carbocycles. The van der Waals surface area contributed by atoms with E-state index in [0.29, 0.717) is 16.6 Å². The lowest BCUT2D eigenvalue weighted by atomic mass is 9.92. The van der Waals surface area contributed by atoms with E-state index in [1.807, 2.05) is 36.5 Å². The number of nitrogens with one attached hydrogen (secondary N) is 1. The standard InChI is InChI=1S/C21H22ClN3O2S/c22-20-10-9-14(11-23-20)12-25-13-19(28-18-8-4-2-6-16(18)25)21(27)24-15-5-1-3-7-17(15)26/h2,4,6,8-11,13,15,17,26H,1,3,5,7,12H2,(H,24,27)/t15-,17-/m0/s1. The number of nitrogens with zero attached hydrogens (tertiary/aromatic N) is 2. The molecule has 0 unspecified atom stereocenters. The highest BCUT2D eigenvalue weighted by atomic mass is 35.5. The number of amides is 1. The summed E-state index contributed by atoms with van der Waals surface area (Å²) >= 11 is 7.35. The van der Waals surface area contributed by atoms with Crippen molar-refractivity contribution in [3.63, 3.8) is 0 Å². The molecule has 0 radical (unpaired) electrons. The molecule has 28 heavy (non-hydrogen) atoms. The Bertz CT molecular complexity index is 887. The molecule has 146 valence electrons. The highest BCUT2D eigenvalue weighted by Crippen LogP contribution is 2.40. The van der Waals surface area contributed by atoms with Gasteiger partial charge in [-0.2, -0.15) is 0 Å². The van der Waals surface area contributed by atoms with Crippen LogP contribution in [-0.2, 0) is 11.3 Å². The Labute approximate surface area is 173 Å². The Balaban J connectivity index is 1.56. The summed E-state index contributed by atoms with van der Waals surface area (Å²) in [4.78, 5) is 20.8. The number of aromatic nitrogens is 1. The number of aliphatic hydroxyl groups excluding tert-OH is 1. The minimum Gasteiger partial charge on any atom is -0.391 e. The lowest BCUT2D eigenvalue weighted by Crippen LogP contribution is -2.45. The number of hydrogen-bond donors (Lipinski definition) is 2. The van der Waals surface area contributed by atoms with Gasteiger partial charge in [0, 0.05) is 23.8 Å².